The van der Waals surface area contributed by atoms with Crippen molar-refractivity contribution in [2.24, 2.45) is 0 Å². The van der Waals surface area contributed by atoms with Gasteiger partial charge in [-0.25, -0.2) is 8.78 Å². The molecule has 1 aromatic rings. The molecule has 0 radical (unpaired) electrons. The molecule has 8 heteroatoms. The van der Waals surface area contributed by atoms with Crippen molar-refractivity contribution in [2.45, 2.75) is 12.5 Å². The number of hydrogen-bond acceptors (Lipinski definition) is 3. The first kappa shape index (κ1) is 16.1. The fourth-order valence-electron chi connectivity index (χ4n) is 1.09. The first-order valence-corrected chi connectivity index (χ1v) is 6.38. The summed E-state index contributed by atoms with van der Waals surface area (Å²) in [4.78, 5) is 11.3. The summed E-state index contributed by atoms with van der Waals surface area (Å²) in [5.41, 5.74) is 0. The number of nitrogens with one attached hydrogen (secondary N) is 1. The summed E-state index contributed by atoms with van der Waals surface area (Å²) in [6, 6.07) is 4.84. The van der Waals surface area contributed by atoms with Gasteiger partial charge in [-0.05, 0) is 18.2 Å². The Kier molecular flexibility index (Phi) is 6.47. The Morgan fingerprint density at radius 3 is 2.79 bits per heavy atom. The lowest BCUT2D eigenvalue weighted by Crippen LogP contribution is -2.38. The summed E-state index contributed by atoms with van der Waals surface area (Å²) in [5, 5.41) is 11.2. The number of halogens is 4. The minimum atomic E-state index is -2.90. The number of benzene rings is 1. The maximum absolute atomic E-state index is 12.0. The van der Waals surface area contributed by atoms with Gasteiger partial charge in [0.15, 0.2) is 6.61 Å². The van der Waals surface area contributed by atoms with E-state index in [0.29, 0.717) is 10.8 Å². The van der Waals surface area contributed by atoms with Gasteiger partial charge in [-0.2, -0.15) is 0 Å². The molecular formula is C11H11BrClF2NO3. The van der Waals surface area contributed by atoms with E-state index >= 15 is 0 Å². The molecule has 0 saturated carbocycles. The van der Waals surface area contributed by atoms with Gasteiger partial charge in [0, 0.05) is 11.0 Å². The highest BCUT2D eigenvalue weighted by Gasteiger charge is 2.17. The Labute approximate surface area is 121 Å². The van der Waals surface area contributed by atoms with Crippen molar-refractivity contribution in [3.8, 4) is 5.75 Å². The van der Waals surface area contributed by atoms with Crippen molar-refractivity contribution in [3.05, 3.63) is 27.7 Å². The highest BCUT2D eigenvalue weighted by Crippen LogP contribution is 2.27. The second-order valence-electron chi connectivity index (χ2n) is 3.57. The molecule has 2 N–H and O–H groups in total. The lowest BCUT2D eigenvalue weighted by atomic mass is 10.3. The van der Waals surface area contributed by atoms with E-state index in [1.807, 2.05) is 0 Å². The van der Waals surface area contributed by atoms with Gasteiger partial charge in [-0.15, -0.1) is 0 Å². The summed E-state index contributed by atoms with van der Waals surface area (Å²) in [6.45, 7) is -0.911. The average molecular weight is 359 g/mol. The van der Waals surface area contributed by atoms with Crippen LogP contribution in [0.5, 0.6) is 5.75 Å². The fourth-order valence-corrected chi connectivity index (χ4v) is 1.82. The summed E-state index contributed by atoms with van der Waals surface area (Å²) in [5.74, 6) is -0.326. The number of hydrogen-bond donors (Lipinski definition) is 2. The summed E-state index contributed by atoms with van der Waals surface area (Å²) in [7, 11) is 0. The van der Waals surface area contributed by atoms with Gasteiger partial charge >= 0.3 is 0 Å². The van der Waals surface area contributed by atoms with Gasteiger partial charge in [-0.1, -0.05) is 27.5 Å². The molecule has 0 bridgehead atoms. The van der Waals surface area contributed by atoms with Gasteiger partial charge < -0.3 is 15.2 Å². The molecule has 0 fully saturated rings. The smallest absolute Gasteiger partial charge is 0.265 e. The van der Waals surface area contributed by atoms with Crippen molar-refractivity contribution in [1.82, 2.24) is 5.32 Å². The highest BCUT2D eigenvalue weighted by molar-refractivity contribution is 9.10. The van der Waals surface area contributed by atoms with Crippen LogP contribution < -0.4 is 10.1 Å². The van der Waals surface area contributed by atoms with Crippen LogP contribution in [0.2, 0.25) is 5.02 Å². The zero-order chi connectivity index (χ0) is 14.4. The molecule has 1 unspecified atom stereocenters. The highest BCUT2D eigenvalue weighted by atomic mass is 79.9. The molecule has 1 atom stereocenters. The molecule has 4 nitrogen and oxygen atoms in total. The summed E-state index contributed by atoms with van der Waals surface area (Å²) in [6.07, 6.45) is -4.79. The molecule has 19 heavy (non-hydrogen) atoms. The Balaban J connectivity index is 2.38. The second-order valence-corrected chi connectivity index (χ2v) is 4.89. The number of carbonyl (C=O) groups excluding carboxylic acids is 1. The first-order valence-electron chi connectivity index (χ1n) is 5.21. The van der Waals surface area contributed by atoms with Crippen LogP contribution in [0.4, 0.5) is 8.78 Å². The monoisotopic (exact) mass is 357 g/mol. The normalized spacial score (nSPS) is 12.3. The molecule has 0 spiro atoms. The summed E-state index contributed by atoms with van der Waals surface area (Å²) >= 11 is 9.07. The van der Waals surface area contributed by atoms with Crippen molar-refractivity contribution in [3.63, 3.8) is 0 Å². The molecule has 0 aliphatic carbocycles. The van der Waals surface area contributed by atoms with Crippen molar-refractivity contribution in [1.29, 1.82) is 0 Å². The zero-order valence-corrected chi connectivity index (χ0v) is 11.9. The third kappa shape index (κ3) is 5.71. The lowest BCUT2D eigenvalue weighted by Gasteiger charge is -2.11. The molecule has 1 amide bonds. The fraction of sp³-hybridized carbons (Fsp3) is 0.364. The molecule has 0 aliphatic heterocycles. The predicted octanol–water partition coefficient (Wildman–Crippen LogP) is 2.22. The number of aliphatic hydroxyl groups excluding tert-OH is 1. The van der Waals surface area contributed by atoms with Crippen LogP contribution in [0, 0.1) is 0 Å². The van der Waals surface area contributed by atoms with Crippen LogP contribution in [0.15, 0.2) is 22.7 Å². The largest absolute Gasteiger partial charge is 0.482 e. The molecule has 0 aromatic heterocycles. The predicted molar refractivity (Wildman–Crippen MR) is 69.7 cm³/mol. The first-order chi connectivity index (χ1) is 8.90. The Morgan fingerprint density at radius 1 is 1.53 bits per heavy atom. The van der Waals surface area contributed by atoms with Gasteiger partial charge in [-0.3, -0.25) is 4.79 Å². The molecule has 0 heterocycles. The van der Waals surface area contributed by atoms with Gasteiger partial charge in [0.05, 0.1) is 5.02 Å². The third-order valence-electron chi connectivity index (χ3n) is 2.05. The number of aliphatic hydroxyl groups is 1. The molecule has 1 aromatic carbocycles. The Bertz CT molecular complexity index is 448. The third-order valence-corrected chi connectivity index (χ3v) is 2.84. The Hall–Kier alpha value is -0.920. The molecule has 106 valence electrons. The second kappa shape index (κ2) is 7.62. The SMILES string of the molecule is O=C(COc1ccc(Br)cc1Cl)NCC(O)C(F)F. The van der Waals surface area contributed by atoms with E-state index in [-0.39, 0.29) is 6.61 Å². The van der Waals surface area contributed by atoms with Crippen LogP contribution in [0.1, 0.15) is 0 Å². The lowest BCUT2D eigenvalue weighted by molar-refractivity contribution is -0.124. The van der Waals surface area contributed by atoms with Gasteiger partial charge in [0.1, 0.15) is 11.9 Å². The minimum Gasteiger partial charge on any atom is -0.482 e. The van der Waals surface area contributed by atoms with Crippen molar-refractivity contribution in [2.75, 3.05) is 13.2 Å². The Morgan fingerprint density at radius 2 is 2.21 bits per heavy atom. The van der Waals surface area contributed by atoms with E-state index in [2.05, 4.69) is 21.2 Å². The van der Waals surface area contributed by atoms with E-state index in [9.17, 15) is 13.6 Å². The molecule has 0 aliphatic rings. The number of ether oxygens (including phenoxy) is 1. The molecule has 1 rings (SSSR count). The quantitative estimate of drug-likeness (QED) is 0.820. The van der Waals surface area contributed by atoms with E-state index in [1.165, 1.54) is 0 Å². The number of amides is 1. The van der Waals surface area contributed by atoms with E-state index in [0.717, 1.165) is 4.47 Å². The van der Waals surface area contributed by atoms with E-state index < -0.39 is 25.0 Å². The zero-order valence-electron chi connectivity index (χ0n) is 9.58. The van der Waals surface area contributed by atoms with Crippen LogP contribution in [0.3, 0.4) is 0 Å². The van der Waals surface area contributed by atoms with Crippen LogP contribution in [0.25, 0.3) is 0 Å². The maximum Gasteiger partial charge on any atom is 0.265 e. The number of alkyl halides is 2. The van der Waals surface area contributed by atoms with Gasteiger partial charge in [0.25, 0.3) is 12.3 Å². The molecule has 0 saturated heterocycles. The standard InChI is InChI=1S/C11H11BrClF2NO3/c12-6-1-2-9(7(13)3-6)19-5-10(18)16-4-8(17)11(14)15/h1-3,8,11,17H,4-5H2,(H,16,18). The maximum atomic E-state index is 12.0. The molecular weight excluding hydrogens is 347 g/mol. The van der Waals surface area contributed by atoms with Crippen LogP contribution in [-0.2, 0) is 4.79 Å². The minimum absolute atomic E-state index is 0.300. The van der Waals surface area contributed by atoms with E-state index in [1.54, 1.807) is 18.2 Å². The number of carbonyl (C=O) groups is 1. The average Bonchev–Trinajstić information content (AvgIpc) is 2.34. The van der Waals surface area contributed by atoms with Gasteiger partial charge in [0.2, 0.25) is 0 Å². The van der Waals surface area contributed by atoms with Crippen LogP contribution >= 0.6 is 27.5 Å². The van der Waals surface area contributed by atoms with Crippen molar-refractivity contribution >= 4 is 33.4 Å². The topological polar surface area (TPSA) is 58.6 Å². The van der Waals surface area contributed by atoms with Crippen LogP contribution in [-0.4, -0.2) is 36.7 Å². The summed E-state index contributed by atoms with van der Waals surface area (Å²) < 4.78 is 29.8. The van der Waals surface area contributed by atoms with E-state index in [4.69, 9.17) is 21.4 Å². The van der Waals surface area contributed by atoms with Crippen molar-refractivity contribution < 1.29 is 23.4 Å². The number of rotatable bonds is 6.